The standard InChI is InChI=1S/C27H42N8O4/c28-13-15-38-17-18-39-16-14-29-24(37)19-5-7-21(8-6-19)31-26-33-25(30-20-3-1-2-4-20)34-27(35-26)32-22-9-11-23(36)12-10-22/h5-8,20,22-23,36H,1-4,9-18,28H2,(H,29,37)(H3,30,31,32,33,34,35). The van der Waals surface area contributed by atoms with Gasteiger partial charge in [0, 0.05) is 36.4 Å². The maximum absolute atomic E-state index is 12.5. The van der Waals surface area contributed by atoms with E-state index in [2.05, 4.69) is 36.2 Å². The molecule has 2 aliphatic carbocycles. The van der Waals surface area contributed by atoms with Crippen LogP contribution in [0.3, 0.4) is 0 Å². The number of carbonyl (C=O) groups is 1. The van der Waals surface area contributed by atoms with E-state index < -0.39 is 0 Å². The highest BCUT2D eigenvalue weighted by Gasteiger charge is 2.21. The van der Waals surface area contributed by atoms with Crippen LogP contribution < -0.4 is 27.0 Å². The molecule has 7 N–H and O–H groups in total. The molecule has 0 aliphatic heterocycles. The van der Waals surface area contributed by atoms with Crippen LogP contribution in [0.5, 0.6) is 0 Å². The Bertz CT molecular complexity index is 1010. The van der Waals surface area contributed by atoms with Crippen molar-refractivity contribution < 1.29 is 19.4 Å². The topological polar surface area (TPSA) is 169 Å². The van der Waals surface area contributed by atoms with Crippen LogP contribution in [0.25, 0.3) is 0 Å². The van der Waals surface area contributed by atoms with Gasteiger partial charge in [0.25, 0.3) is 5.91 Å². The van der Waals surface area contributed by atoms with Crippen molar-refractivity contribution in [1.29, 1.82) is 0 Å². The van der Waals surface area contributed by atoms with Crippen LogP contribution in [0, 0.1) is 0 Å². The molecule has 0 spiro atoms. The maximum Gasteiger partial charge on any atom is 0.251 e. The van der Waals surface area contributed by atoms with E-state index in [0.717, 1.165) is 44.2 Å². The van der Waals surface area contributed by atoms with Gasteiger partial charge in [-0.1, -0.05) is 12.8 Å². The quantitative estimate of drug-likeness (QED) is 0.183. The number of amides is 1. The average Bonchev–Trinajstić information content (AvgIpc) is 3.45. The second kappa shape index (κ2) is 15.5. The first-order valence-corrected chi connectivity index (χ1v) is 14.1. The first kappa shape index (κ1) is 28.9. The number of rotatable bonds is 15. The summed E-state index contributed by atoms with van der Waals surface area (Å²) in [5.74, 6) is 1.31. The molecule has 0 atom stereocenters. The molecule has 0 bridgehead atoms. The molecule has 1 aromatic carbocycles. The van der Waals surface area contributed by atoms with Crippen molar-refractivity contribution in [3.63, 3.8) is 0 Å². The van der Waals surface area contributed by atoms with Crippen molar-refractivity contribution in [2.45, 2.75) is 69.6 Å². The number of benzene rings is 1. The molecule has 39 heavy (non-hydrogen) atoms. The molecule has 0 unspecified atom stereocenters. The molecule has 0 radical (unpaired) electrons. The van der Waals surface area contributed by atoms with E-state index in [1.165, 1.54) is 12.8 Å². The highest BCUT2D eigenvalue weighted by atomic mass is 16.5. The largest absolute Gasteiger partial charge is 0.393 e. The van der Waals surface area contributed by atoms with Crippen LogP contribution in [0.2, 0.25) is 0 Å². The summed E-state index contributed by atoms with van der Waals surface area (Å²) in [5.41, 5.74) is 6.67. The highest BCUT2D eigenvalue weighted by Crippen LogP contribution is 2.25. The van der Waals surface area contributed by atoms with Gasteiger partial charge in [0.2, 0.25) is 17.8 Å². The molecule has 4 rings (SSSR count). The number of hydrogen-bond donors (Lipinski definition) is 6. The van der Waals surface area contributed by atoms with Crippen molar-refractivity contribution in [3.05, 3.63) is 29.8 Å². The smallest absolute Gasteiger partial charge is 0.251 e. The first-order chi connectivity index (χ1) is 19.1. The molecule has 1 amide bonds. The Morgan fingerprint density at radius 3 is 2.05 bits per heavy atom. The summed E-state index contributed by atoms with van der Waals surface area (Å²) >= 11 is 0. The van der Waals surface area contributed by atoms with E-state index in [1.54, 1.807) is 12.1 Å². The number of aliphatic hydroxyl groups is 1. The second-order valence-corrected chi connectivity index (χ2v) is 10.1. The van der Waals surface area contributed by atoms with Crippen LogP contribution in [-0.2, 0) is 9.47 Å². The summed E-state index contributed by atoms with van der Waals surface area (Å²) in [6, 6.07) is 7.74. The number of nitrogens with two attached hydrogens (primary N) is 1. The lowest BCUT2D eigenvalue weighted by Gasteiger charge is -2.26. The van der Waals surface area contributed by atoms with Crippen molar-refractivity contribution in [2.75, 3.05) is 55.5 Å². The zero-order valence-corrected chi connectivity index (χ0v) is 22.5. The fraction of sp³-hybridized carbons (Fsp3) is 0.630. The normalized spacial score (nSPS) is 19.5. The molecular weight excluding hydrogens is 500 g/mol. The van der Waals surface area contributed by atoms with Crippen molar-refractivity contribution in [1.82, 2.24) is 20.3 Å². The highest BCUT2D eigenvalue weighted by molar-refractivity contribution is 5.94. The van der Waals surface area contributed by atoms with Gasteiger partial charge in [-0.05, 0) is 62.8 Å². The summed E-state index contributed by atoms with van der Waals surface area (Å²) in [4.78, 5) is 26.3. The Balaban J connectivity index is 1.31. The van der Waals surface area contributed by atoms with E-state index in [9.17, 15) is 9.90 Å². The lowest BCUT2D eigenvalue weighted by atomic mass is 9.93. The summed E-state index contributed by atoms with van der Waals surface area (Å²) < 4.78 is 10.7. The molecule has 1 heterocycles. The minimum Gasteiger partial charge on any atom is -0.393 e. The second-order valence-electron chi connectivity index (χ2n) is 10.1. The average molecular weight is 543 g/mol. The number of aromatic nitrogens is 3. The number of ether oxygens (including phenoxy) is 2. The maximum atomic E-state index is 12.5. The molecule has 2 fully saturated rings. The number of hydrogen-bond acceptors (Lipinski definition) is 11. The monoisotopic (exact) mass is 542 g/mol. The summed E-state index contributed by atoms with van der Waals surface area (Å²) in [5, 5.41) is 22.8. The van der Waals surface area contributed by atoms with Gasteiger partial charge in [0.15, 0.2) is 0 Å². The van der Waals surface area contributed by atoms with Gasteiger partial charge in [-0.15, -0.1) is 0 Å². The number of anilines is 4. The zero-order valence-electron chi connectivity index (χ0n) is 22.5. The molecule has 12 heteroatoms. The Hall–Kier alpha value is -3.06. The van der Waals surface area contributed by atoms with Gasteiger partial charge < -0.3 is 41.6 Å². The van der Waals surface area contributed by atoms with Crippen molar-refractivity contribution in [3.8, 4) is 0 Å². The van der Waals surface area contributed by atoms with Gasteiger partial charge in [0.05, 0.1) is 32.5 Å². The number of nitrogens with zero attached hydrogens (tertiary/aromatic N) is 3. The molecule has 2 aliphatic rings. The third kappa shape index (κ3) is 9.88. The molecule has 12 nitrogen and oxygen atoms in total. The van der Waals surface area contributed by atoms with Crippen LogP contribution >= 0.6 is 0 Å². The molecule has 214 valence electrons. The van der Waals surface area contributed by atoms with Crippen LogP contribution in [0.1, 0.15) is 61.7 Å². The zero-order chi connectivity index (χ0) is 27.3. The predicted octanol–water partition coefficient (Wildman–Crippen LogP) is 2.41. The van der Waals surface area contributed by atoms with E-state index >= 15 is 0 Å². The summed E-state index contributed by atoms with van der Waals surface area (Å²) in [6.07, 6.45) is 7.72. The number of aliphatic hydroxyl groups excluding tert-OH is 1. The number of nitrogens with one attached hydrogen (secondary N) is 4. The van der Waals surface area contributed by atoms with Crippen molar-refractivity contribution in [2.24, 2.45) is 5.73 Å². The third-order valence-corrected chi connectivity index (χ3v) is 6.92. The van der Waals surface area contributed by atoms with Gasteiger partial charge in [-0.25, -0.2) is 0 Å². The van der Waals surface area contributed by atoms with Gasteiger partial charge >= 0.3 is 0 Å². The SMILES string of the molecule is NCCOCCOCCNC(=O)c1ccc(Nc2nc(NC3CCCC3)nc(NC3CCC(O)CC3)n2)cc1. The Morgan fingerprint density at radius 2 is 1.41 bits per heavy atom. The van der Waals surface area contributed by atoms with E-state index in [0.29, 0.717) is 69.0 Å². The molecule has 1 aromatic heterocycles. The Kier molecular flexibility index (Phi) is 11.5. The van der Waals surface area contributed by atoms with Crippen LogP contribution in [-0.4, -0.2) is 83.7 Å². The van der Waals surface area contributed by atoms with E-state index in [4.69, 9.17) is 15.2 Å². The fourth-order valence-electron chi connectivity index (χ4n) is 4.79. The lowest BCUT2D eigenvalue weighted by Crippen LogP contribution is -2.29. The summed E-state index contributed by atoms with van der Waals surface area (Å²) in [6.45, 7) is 2.77. The minimum absolute atomic E-state index is 0.170. The molecule has 2 saturated carbocycles. The summed E-state index contributed by atoms with van der Waals surface area (Å²) in [7, 11) is 0. The molecule has 0 saturated heterocycles. The Morgan fingerprint density at radius 1 is 0.821 bits per heavy atom. The van der Waals surface area contributed by atoms with Gasteiger partial charge in [-0.2, -0.15) is 15.0 Å². The first-order valence-electron chi connectivity index (χ1n) is 14.1. The lowest BCUT2D eigenvalue weighted by molar-refractivity contribution is 0.0511. The number of carbonyl (C=O) groups excluding carboxylic acids is 1. The third-order valence-electron chi connectivity index (χ3n) is 6.92. The van der Waals surface area contributed by atoms with Crippen LogP contribution in [0.4, 0.5) is 23.5 Å². The van der Waals surface area contributed by atoms with Gasteiger partial charge in [-0.3, -0.25) is 4.79 Å². The predicted molar refractivity (Wildman–Crippen MR) is 150 cm³/mol. The van der Waals surface area contributed by atoms with Crippen LogP contribution in [0.15, 0.2) is 24.3 Å². The van der Waals surface area contributed by atoms with E-state index in [1.807, 2.05) is 12.1 Å². The van der Waals surface area contributed by atoms with Gasteiger partial charge in [0.1, 0.15) is 0 Å². The fourth-order valence-corrected chi connectivity index (χ4v) is 4.79. The van der Waals surface area contributed by atoms with Crippen molar-refractivity contribution >= 4 is 29.4 Å². The van der Waals surface area contributed by atoms with E-state index in [-0.39, 0.29) is 18.1 Å². The molecular formula is C27H42N8O4. The molecule has 2 aromatic rings. The Labute approximate surface area is 229 Å². The minimum atomic E-state index is -0.219.